The molecule has 1 aromatic carbocycles. The third-order valence-electron chi connectivity index (χ3n) is 4.25. The van der Waals surface area contributed by atoms with Crippen LogP contribution >= 0.6 is 23.2 Å². The number of aromatic nitrogens is 2. The molecule has 6 heteroatoms. The molecule has 0 bridgehead atoms. The molecule has 0 amide bonds. The fourth-order valence-electron chi connectivity index (χ4n) is 2.71. The molecule has 1 fully saturated rings. The molecule has 3 rings (SSSR count). The number of nitrogens with zero attached hydrogens (tertiary/aromatic N) is 3. The molecule has 1 atom stereocenters. The molecule has 0 radical (unpaired) electrons. The lowest BCUT2D eigenvalue weighted by atomic mass is 10.2. The van der Waals surface area contributed by atoms with Crippen LogP contribution < -0.4 is 0 Å². The van der Waals surface area contributed by atoms with Crippen molar-refractivity contribution in [3.63, 3.8) is 0 Å². The van der Waals surface area contributed by atoms with Crippen LogP contribution in [0.15, 0.2) is 12.1 Å². The van der Waals surface area contributed by atoms with Gasteiger partial charge in [0, 0.05) is 24.7 Å². The van der Waals surface area contributed by atoms with E-state index in [4.69, 9.17) is 23.2 Å². The van der Waals surface area contributed by atoms with Crippen molar-refractivity contribution < 1.29 is 4.39 Å². The lowest BCUT2D eigenvalue weighted by Crippen LogP contribution is -2.34. The predicted molar refractivity (Wildman–Crippen MR) is 84.5 cm³/mol. The highest BCUT2D eigenvalue weighted by Crippen LogP contribution is 2.29. The topological polar surface area (TPSA) is 21.1 Å². The summed E-state index contributed by atoms with van der Waals surface area (Å²) in [5.74, 6) is 0.632. The third-order valence-corrected chi connectivity index (χ3v) is 4.78. The summed E-state index contributed by atoms with van der Waals surface area (Å²) >= 11 is 11.8. The van der Waals surface area contributed by atoms with E-state index in [1.54, 1.807) is 6.07 Å². The van der Waals surface area contributed by atoms with E-state index in [-0.39, 0.29) is 5.02 Å². The minimum atomic E-state index is -0.422. The number of alkyl halides is 1. The Morgan fingerprint density at radius 3 is 2.81 bits per heavy atom. The summed E-state index contributed by atoms with van der Waals surface area (Å²) in [6, 6.07) is 4.04. The van der Waals surface area contributed by atoms with Crippen LogP contribution in [0, 0.1) is 5.82 Å². The Balaban J connectivity index is 1.97. The zero-order valence-corrected chi connectivity index (χ0v) is 13.6. The Bertz CT molecular complexity index is 666. The van der Waals surface area contributed by atoms with Crippen molar-refractivity contribution in [2.24, 2.45) is 0 Å². The van der Waals surface area contributed by atoms with Crippen molar-refractivity contribution >= 4 is 34.2 Å². The molecule has 1 aromatic heterocycles. The number of fused-ring (bicyclic) bond motifs is 1. The van der Waals surface area contributed by atoms with Crippen LogP contribution in [0.3, 0.4) is 0 Å². The minimum absolute atomic E-state index is 0.0939. The molecule has 0 N–H and O–H groups in total. The zero-order valence-electron chi connectivity index (χ0n) is 12.1. The summed E-state index contributed by atoms with van der Waals surface area (Å²) in [7, 11) is 2.14. The van der Waals surface area contributed by atoms with Crippen molar-refractivity contribution in [3.05, 3.63) is 28.8 Å². The van der Waals surface area contributed by atoms with E-state index < -0.39 is 5.82 Å². The van der Waals surface area contributed by atoms with Crippen LogP contribution in [-0.4, -0.2) is 33.6 Å². The van der Waals surface area contributed by atoms with Gasteiger partial charge < -0.3 is 4.57 Å². The normalized spacial score (nSPS) is 16.9. The lowest BCUT2D eigenvalue weighted by Gasteiger charge is -2.25. The molecule has 0 aliphatic heterocycles. The first kappa shape index (κ1) is 15.1. The number of likely N-dealkylation sites (N-methyl/N-ethyl adjacent to an activating group) is 1. The van der Waals surface area contributed by atoms with E-state index in [1.807, 2.05) is 4.57 Å². The Hall–Kier alpha value is -0.840. The first-order chi connectivity index (χ1) is 10.0. The molecule has 114 valence electrons. The molecule has 1 aliphatic rings. The second kappa shape index (κ2) is 5.75. The van der Waals surface area contributed by atoms with Crippen molar-refractivity contribution in [1.82, 2.24) is 14.5 Å². The van der Waals surface area contributed by atoms with Gasteiger partial charge in [0.15, 0.2) is 0 Å². The van der Waals surface area contributed by atoms with Crippen molar-refractivity contribution in [3.8, 4) is 0 Å². The molecule has 1 aliphatic carbocycles. The SMILES string of the molecule is CC(Cn1c(CCl)nc2cc(Cl)c(F)cc21)N(C)C1CC1. The molecule has 1 heterocycles. The largest absolute Gasteiger partial charge is 0.325 e. The number of hydrogen-bond donors (Lipinski definition) is 0. The second-order valence-corrected chi connectivity index (χ2v) is 6.45. The first-order valence-electron chi connectivity index (χ1n) is 7.13. The van der Waals surface area contributed by atoms with Crippen molar-refractivity contribution in [1.29, 1.82) is 0 Å². The van der Waals surface area contributed by atoms with E-state index in [1.165, 1.54) is 18.9 Å². The maximum Gasteiger partial charge on any atom is 0.144 e. The molecule has 1 unspecified atom stereocenters. The Morgan fingerprint density at radius 2 is 2.19 bits per heavy atom. The maximum atomic E-state index is 13.8. The van der Waals surface area contributed by atoms with Crippen LogP contribution in [0.4, 0.5) is 4.39 Å². The quantitative estimate of drug-likeness (QED) is 0.771. The van der Waals surface area contributed by atoms with Gasteiger partial charge in [-0.05, 0) is 32.9 Å². The summed E-state index contributed by atoms with van der Waals surface area (Å²) in [4.78, 5) is 6.84. The van der Waals surface area contributed by atoms with Gasteiger partial charge >= 0.3 is 0 Å². The second-order valence-electron chi connectivity index (χ2n) is 5.77. The summed E-state index contributed by atoms with van der Waals surface area (Å²) in [6.07, 6.45) is 2.52. The average molecular weight is 330 g/mol. The zero-order chi connectivity index (χ0) is 15.1. The highest BCUT2D eigenvalue weighted by Gasteiger charge is 2.29. The summed E-state index contributed by atoms with van der Waals surface area (Å²) in [5, 5.41) is 0.0939. The molecule has 1 saturated carbocycles. The predicted octanol–water partition coefficient (Wildman–Crippen LogP) is 4.05. The van der Waals surface area contributed by atoms with Gasteiger partial charge in [0.05, 0.1) is 21.9 Å². The van der Waals surface area contributed by atoms with Crippen LogP contribution in [0.5, 0.6) is 0 Å². The van der Waals surface area contributed by atoms with Gasteiger partial charge in [-0.25, -0.2) is 9.37 Å². The van der Waals surface area contributed by atoms with Gasteiger partial charge in [-0.15, -0.1) is 11.6 Å². The first-order valence-corrected chi connectivity index (χ1v) is 8.04. The number of imidazole rings is 1. The molecule has 21 heavy (non-hydrogen) atoms. The molecular weight excluding hydrogens is 312 g/mol. The van der Waals surface area contributed by atoms with E-state index in [0.717, 1.165) is 17.9 Å². The third kappa shape index (κ3) is 2.89. The van der Waals surface area contributed by atoms with Gasteiger partial charge in [0.2, 0.25) is 0 Å². The fraction of sp³-hybridized carbons (Fsp3) is 0.533. The molecule has 0 saturated heterocycles. The van der Waals surface area contributed by atoms with Crippen LogP contribution in [0.25, 0.3) is 11.0 Å². The van der Waals surface area contributed by atoms with Crippen molar-refractivity contribution in [2.45, 2.75) is 44.3 Å². The van der Waals surface area contributed by atoms with Gasteiger partial charge in [0.1, 0.15) is 11.6 Å². The molecular formula is C15H18Cl2FN3. The van der Waals surface area contributed by atoms with Crippen LogP contribution in [-0.2, 0) is 12.4 Å². The molecule has 2 aromatic rings. The van der Waals surface area contributed by atoms with Crippen LogP contribution in [0.1, 0.15) is 25.6 Å². The molecule has 0 spiro atoms. The number of hydrogen-bond acceptors (Lipinski definition) is 2. The highest BCUT2D eigenvalue weighted by molar-refractivity contribution is 6.31. The highest BCUT2D eigenvalue weighted by atomic mass is 35.5. The molecule has 3 nitrogen and oxygen atoms in total. The van der Waals surface area contributed by atoms with Gasteiger partial charge in [0.25, 0.3) is 0 Å². The summed E-state index contributed by atoms with van der Waals surface area (Å²) < 4.78 is 15.8. The van der Waals surface area contributed by atoms with E-state index in [2.05, 4.69) is 23.9 Å². The Morgan fingerprint density at radius 1 is 1.48 bits per heavy atom. The van der Waals surface area contributed by atoms with E-state index in [0.29, 0.717) is 23.5 Å². The van der Waals surface area contributed by atoms with Gasteiger partial charge in [-0.3, -0.25) is 4.90 Å². The average Bonchev–Trinajstić information content (AvgIpc) is 3.25. The standard InChI is InChI=1S/C15H18Cl2FN3/c1-9(20(2)10-3-4-10)8-21-14-6-12(18)11(17)5-13(14)19-15(21)7-16/h5-6,9-10H,3-4,7-8H2,1-2H3. The summed E-state index contributed by atoms with van der Waals surface area (Å²) in [5.41, 5.74) is 1.45. The monoisotopic (exact) mass is 329 g/mol. The lowest BCUT2D eigenvalue weighted by molar-refractivity contribution is 0.226. The van der Waals surface area contributed by atoms with Gasteiger partial charge in [-0.2, -0.15) is 0 Å². The maximum absolute atomic E-state index is 13.8. The van der Waals surface area contributed by atoms with E-state index >= 15 is 0 Å². The number of halogens is 3. The smallest absolute Gasteiger partial charge is 0.144 e. The fourth-order valence-corrected chi connectivity index (χ4v) is 3.07. The van der Waals surface area contributed by atoms with Crippen molar-refractivity contribution in [2.75, 3.05) is 7.05 Å². The Kier molecular flexibility index (Phi) is 4.12. The van der Waals surface area contributed by atoms with Crippen LogP contribution in [0.2, 0.25) is 5.02 Å². The summed E-state index contributed by atoms with van der Waals surface area (Å²) in [6.45, 7) is 2.92. The number of benzene rings is 1. The van der Waals surface area contributed by atoms with E-state index in [9.17, 15) is 4.39 Å². The Labute approximate surface area is 133 Å². The minimum Gasteiger partial charge on any atom is -0.325 e. The van der Waals surface area contributed by atoms with Gasteiger partial charge in [-0.1, -0.05) is 11.6 Å². The number of rotatable bonds is 5.